The summed E-state index contributed by atoms with van der Waals surface area (Å²) >= 11 is 3.32. The quantitative estimate of drug-likeness (QED) is 0.111. The van der Waals surface area contributed by atoms with Crippen LogP contribution in [-0.2, 0) is 32.1 Å². The van der Waals surface area contributed by atoms with Gasteiger partial charge in [0.15, 0.2) is 6.61 Å². The fraction of sp³-hybridized carbons (Fsp3) is 0.207. The van der Waals surface area contributed by atoms with Crippen LogP contribution in [0.25, 0.3) is 0 Å². The van der Waals surface area contributed by atoms with Crippen LogP contribution in [0.2, 0.25) is 0 Å². The number of halogens is 1. The molecule has 3 aromatic rings. The number of phenols is 1. The number of aliphatic hydroxyl groups is 1. The Bertz CT molecular complexity index is 1440. The zero-order valence-corrected chi connectivity index (χ0v) is 24.3. The van der Waals surface area contributed by atoms with Gasteiger partial charge in [0.1, 0.15) is 30.2 Å². The topological polar surface area (TPSA) is 202 Å². The van der Waals surface area contributed by atoms with Gasteiger partial charge in [0.25, 0.3) is 11.8 Å². The molecule has 13 nitrogen and oxygen atoms in total. The number of rotatable bonds is 14. The summed E-state index contributed by atoms with van der Waals surface area (Å²) in [4.78, 5) is 49.2. The van der Waals surface area contributed by atoms with Gasteiger partial charge in [-0.05, 0) is 63.0 Å². The Morgan fingerprint density at radius 3 is 2.30 bits per heavy atom. The van der Waals surface area contributed by atoms with Crippen LogP contribution < -0.4 is 26.5 Å². The molecule has 4 amide bonds. The molecule has 14 heteroatoms. The van der Waals surface area contributed by atoms with Crippen molar-refractivity contribution in [3.63, 3.8) is 0 Å². The van der Waals surface area contributed by atoms with Gasteiger partial charge in [0.2, 0.25) is 5.91 Å². The van der Waals surface area contributed by atoms with E-state index < -0.39 is 42.5 Å². The smallest absolute Gasteiger partial charge is 0.408 e. The first kappa shape index (κ1) is 32.6. The lowest BCUT2D eigenvalue weighted by Gasteiger charge is -2.21. The molecular formula is C29H30BrN5O8. The van der Waals surface area contributed by atoms with Gasteiger partial charge in [-0.2, -0.15) is 5.10 Å². The second-order valence-electron chi connectivity index (χ2n) is 9.05. The molecular weight excluding hydrogens is 626 g/mol. The zero-order valence-electron chi connectivity index (χ0n) is 22.7. The molecule has 0 aliphatic rings. The monoisotopic (exact) mass is 655 g/mol. The number of ether oxygens (including phenoxy) is 2. The van der Waals surface area contributed by atoms with Gasteiger partial charge in [0.05, 0.1) is 17.3 Å². The highest BCUT2D eigenvalue weighted by atomic mass is 79.9. The molecule has 0 aliphatic carbocycles. The van der Waals surface area contributed by atoms with Crippen LogP contribution in [-0.4, -0.2) is 65.5 Å². The van der Waals surface area contributed by atoms with Crippen LogP contribution in [0.1, 0.15) is 16.7 Å². The van der Waals surface area contributed by atoms with Gasteiger partial charge in [-0.15, -0.1) is 0 Å². The van der Waals surface area contributed by atoms with Crippen molar-refractivity contribution < 1.29 is 38.9 Å². The van der Waals surface area contributed by atoms with E-state index in [1.54, 1.807) is 54.6 Å². The van der Waals surface area contributed by atoms with Crippen molar-refractivity contribution >= 4 is 46.0 Å². The predicted octanol–water partition coefficient (Wildman–Crippen LogP) is 1.48. The molecule has 0 aromatic heterocycles. The Morgan fingerprint density at radius 2 is 1.65 bits per heavy atom. The van der Waals surface area contributed by atoms with Gasteiger partial charge in [0, 0.05) is 6.42 Å². The fourth-order valence-corrected chi connectivity index (χ4v) is 4.07. The van der Waals surface area contributed by atoms with E-state index in [9.17, 15) is 29.4 Å². The number of benzene rings is 3. The number of hydrogen-bond acceptors (Lipinski definition) is 9. The number of nitrogens with two attached hydrogens (primary N) is 1. The molecule has 0 saturated carbocycles. The molecule has 0 saturated heterocycles. The van der Waals surface area contributed by atoms with Crippen LogP contribution >= 0.6 is 15.9 Å². The van der Waals surface area contributed by atoms with Gasteiger partial charge >= 0.3 is 6.09 Å². The summed E-state index contributed by atoms with van der Waals surface area (Å²) in [5.74, 6) is -1.75. The number of amides is 4. The van der Waals surface area contributed by atoms with E-state index in [1.807, 2.05) is 6.07 Å². The summed E-state index contributed by atoms with van der Waals surface area (Å²) in [6.45, 7) is -1.10. The van der Waals surface area contributed by atoms with E-state index in [1.165, 1.54) is 18.3 Å². The molecule has 226 valence electrons. The maximum absolute atomic E-state index is 13.1. The minimum absolute atomic E-state index is 0.00141. The standard InChI is InChI=1S/C29H30BrN5O8/c30-22-12-20(8-11-25(22)42-17-26(31)38)14-32-35-28(40)23(13-18-6-9-21(37)10-7-18)33-27(39)24(15-36)34-29(41)43-16-19-4-2-1-3-5-19/h1-12,14,23-24,36-37H,13,15-17H2,(H2,31,38)(H,33,39)(H,34,41)(H,35,40)/b32-14-/t23-,24-/m0/s1. The third kappa shape index (κ3) is 11.1. The second-order valence-corrected chi connectivity index (χ2v) is 9.91. The summed E-state index contributed by atoms with van der Waals surface area (Å²) < 4.78 is 10.9. The van der Waals surface area contributed by atoms with Crippen LogP contribution in [0.4, 0.5) is 4.79 Å². The summed E-state index contributed by atoms with van der Waals surface area (Å²) in [5, 5.41) is 28.1. The summed E-state index contributed by atoms with van der Waals surface area (Å²) in [7, 11) is 0. The number of nitrogens with zero attached hydrogens (tertiary/aromatic N) is 1. The average Bonchev–Trinajstić information content (AvgIpc) is 2.99. The molecule has 0 spiro atoms. The van der Waals surface area contributed by atoms with Crippen LogP contribution in [0.5, 0.6) is 11.5 Å². The Labute approximate surface area is 255 Å². The lowest BCUT2D eigenvalue weighted by molar-refractivity contribution is -0.130. The number of aliphatic hydroxyl groups excluding tert-OH is 1. The molecule has 0 aliphatic heterocycles. The van der Waals surface area contributed by atoms with Crippen molar-refractivity contribution in [3.05, 3.63) is 94.0 Å². The lowest BCUT2D eigenvalue weighted by Crippen LogP contribution is -2.55. The molecule has 0 radical (unpaired) electrons. The third-order valence-electron chi connectivity index (χ3n) is 5.73. The molecule has 0 unspecified atom stereocenters. The SMILES string of the molecule is NC(=O)COc1ccc(/C=N\NC(=O)[C@H](Cc2ccc(O)cc2)NC(=O)[C@H](CO)NC(=O)OCc2ccccc2)cc1Br. The minimum atomic E-state index is -1.41. The zero-order chi connectivity index (χ0) is 31.2. The second kappa shape index (κ2) is 16.5. The first-order chi connectivity index (χ1) is 20.6. The van der Waals surface area contributed by atoms with Gasteiger partial charge in [-0.1, -0.05) is 42.5 Å². The number of carbonyl (C=O) groups excluding carboxylic acids is 4. The maximum atomic E-state index is 13.1. The first-order valence-corrected chi connectivity index (χ1v) is 13.6. The fourth-order valence-electron chi connectivity index (χ4n) is 3.56. The average molecular weight is 656 g/mol. The lowest BCUT2D eigenvalue weighted by atomic mass is 10.0. The Kier molecular flexibility index (Phi) is 12.5. The van der Waals surface area contributed by atoms with E-state index in [0.717, 1.165) is 5.56 Å². The number of carbonyl (C=O) groups is 4. The van der Waals surface area contributed by atoms with Gasteiger partial charge in [-0.3, -0.25) is 14.4 Å². The largest absolute Gasteiger partial charge is 0.508 e. The van der Waals surface area contributed by atoms with E-state index in [2.05, 4.69) is 37.1 Å². The molecule has 3 aromatic carbocycles. The number of phenolic OH excluding ortho intramolecular Hbond substituents is 1. The molecule has 7 N–H and O–H groups in total. The minimum Gasteiger partial charge on any atom is -0.508 e. The number of alkyl carbamates (subject to hydrolysis) is 1. The van der Waals surface area contributed by atoms with E-state index in [0.29, 0.717) is 21.3 Å². The highest BCUT2D eigenvalue weighted by molar-refractivity contribution is 9.10. The number of nitrogens with one attached hydrogen (secondary N) is 3. The molecule has 3 rings (SSSR count). The van der Waals surface area contributed by atoms with Crippen LogP contribution in [0, 0.1) is 0 Å². The van der Waals surface area contributed by atoms with Crippen molar-refractivity contribution in [2.75, 3.05) is 13.2 Å². The maximum Gasteiger partial charge on any atom is 0.408 e. The van der Waals surface area contributed by atoms with Crippen molar-refractivity contribution in [2.45, 2.75) is 25.1 Å². The highest BCUT2D eigenvalue weighted by Crippen LogP contribution is 2.25. The van der Waals surface area contributed by atoms with E-state index >= 15 is 0 Å². The Morgan fingerprint density at radius 1 is 0.930 bits per heavy atom. The van der Waals surface area contributed by atoms with Crippen molar-refractivity contribution in [1.82, 2.24) is 16.1 Å². The first-order valence-electron chi connectivity index (χ1n) is 12.8. The van der Waals surface area contributed by atoms with Gasteiger partial charge in [-0.25, -0.2) is 10.2 Å². The molecule has 0 bridgehead atoms. The van der Waals surface area contributed by atoms with E-state index in [-0.39, 0.29) is 25.4 Å². The number of hydrazone groups is 1. The Balaban J connectivity index is 1.65. The Hall–Kier alpha value is -4.95. The van der Waals surface area contributed by atoms with Crippen molar-refractivity contribution in [2.24, 2.45) is 10.8 Å². The molecule has 2 atom stereocenters. The molecule has 43 heavy (non-hydrogen) atoms. The van der Waals surface area contributed by atoms with E-state index in [4.69, 9.17) is 15.2 Å². The van der Waals surface area contributed by atoms with Crippen molar-refractivity contribution in [3.8, 4) is 11.5 Å². The third-order valence-corrected chi connectivity index (χ3v) is 6.35. The number of aromatic hydroxyl groups is 1. The number of primary amides is 1. The number of hydrogen-bond donors (Lipinski definition) is 6. The highest BCUT2D eigenvalue weighted by Gasteiger charge is 2.27. The van der Waals surface area contributed by atoms with Gasteiger partial charge < -0.3 is 36.1 Å². The normalized spacial score (nSPS) is 12.1. The van der Waals surface area contributed by atoms with Crippen LogP contribution in [0.3, 0.4) is 0 Å². The summed E-state index contributed by atoms with van der Waals surface area (Å²) in [6, 6.07) is 17.2. The predicted molar refractivity (Wildman–Crippen MR) is 159 cm³/mol. The van der Waals surface area contributed by atoms with Crippen LogP contribution in [0.15, 0.2) is 82.4 Å². The van der Waals surface area contributed by atoms with Crippen molar-refractivity contribution in [1.29, 1.82) is 0 Å². The summed E-state index contributed by atoms with van der Waals surface area (Å²) in [6.07, 6.45) is 0.418. The molecule has 0 heterocycles. The summed E-state index contributed by atoms with van der Waals surface area (Å²) in [5.41, 5.74) is 9.35. The molecule has 0 fully saturated rings.